The Morgan fingerprint density at radius 1 is 0.917 bits per heavy atom. The molecule has 4 nitrogen and oxygen atoms in total. The van der Waals surface area contributed by atoms with E-state index in [-0.39, 0.29) is 12.2 Å². The molecule has 0 saturated carbocycles. The molecule has 0 unspecified atom stereocenters. The lowest BCUT2D eigenvalue weighted by molar-refractivity contribution is 0.0764. The van der Waals surface area contributed by atoms with E-state index in [0.29, 0.717) is 13.2 Å². The Bertz CT molecular complexity index is 63.5. The van der Waals surface area contributed by atoms with Crippen molar-refractivity contribution in [1.82, 2.24) is 0 Å². The first-order valence-corrected chi connectivity index (χ1v) is 3.88. The first-order chi connectivity index (χ1) is 5.54. The quantitative estimate of drug-likeness (QED) is 0.640. The summed E-state index contributed by atoms with van der Waals surface area (Å²) < 4.78 is 9.11. The van der Waals surface area contributed by atoms with E-state index in [0.717, 1.165) is 0 Å². The zero-order chi connectivity index (χ0) is 9.98. The second kappa shape index (κ2) is 10.8. The number of rotatable bonds is 4. The fourth-order valence-corrected chi connectivity index (χ4v) is 0.482. The number of aliphatic hydroxyl groups is 2. The summed E-state index contributed by atoms with van der Waals surface area (Å²) in [5, 5.41) is 16.9. The van der Waals surface area contributed by atoms with Crippen molar-refractivity contribution < 1.29 is 19.7 Å². The number of hydrogen-bond donors (Lipinski definition) is 2. The molecule has 0 aromatic carbocycles. The predicted molar refractivity (Wildman–Crippen MR) is 47.1 cm³/mol. The summed E-state index contributed by atoms with van der Waals surface area (Å²) in [7, 11) is 3.12. The fourth-order valence-electron chi connectivity index (χ4n) is 0.482. The van der Waals surface area contributed by atoms with Gasteiger partial charge in [0.1, 0.15) is 0 Å². The molecule has 0 aromatic heterocycles. The van der Waals surface area contributed by atoms with Crippen molar-refractivity contribution in [3.8, 4) is 0 Å². The maximum atomic E-state index is 8.43. The van der Waals surface area contributed by atoms with E-state index in [1.807, 2.05) is 0 Å². The van der Waals surface area contributed by atoms with E-state index in [1.165, 1.54) is 0 Å². The monoisotopic (exact) mass is 180 g/mol. The highest BCUT2D eigenvalue weighted by atomic mass is 16.5. The molecule has 0 aliphatic carbocycles. The minimum Gasteiger partial charge on any atom is -0.391 e. The minimum atomic E-state index is -0.324. The van der Waals surface area contributed by atoms with Gasteiger partial charge in [0.15, 0.2) is 0 Å². The Morgan fingerprint density at radius 3 is 1.17 bits per heavy atom. The van der Waals surface area contributed by atoms with Crippen LogP contribution in [0.3, 0.4) is 0 Å². The van der Waals surface area contributed by atoms with Gasteiger partial charge in [-0.15, -0.1) is 0 Å². The zero-order valence-corrected chi connectivity index (χ0v) is 8.28. The largest absolute Gasteiger partial charge is 0.391 e. The van der Waals surface area contributed by atoms with E-state index >= 15 is 0 Å². The van der Waals surface area contributed by atoms with Crippen LogP contribution in [0.15, 0.2) is 0 Å². The van der Waals surface area contributed by atoms with Gasteiger partial charge in [-0.25, -0.2) is 0 Å². The van der Waals surface area contributed by atoms with Gasteiger partial charge in [0.25, 0.3) is 0 Å². The van der Waals surface area contributed by atoms with E-state index in [2.05, 4.69) is 9.47 Å². The van der Waals surface area contributed by atoms with Crippen LogP contribution in [0.4, 0.5) is 0 Å². The van der Waals surface area contributed by atoms with Crippen LogP contribution in [0.25, 0.3) is 0 Å². The van der Waals surface area contributed by atoms with Crippen molar-refractivity contribution in [2.75, 3.05) is 27.4 Å². The third-order valence-electron chi connectivity index (χ3n) is 0.816. The third kappa shape index (κ3) is 22.5. The standard InChI is InChI=1S/2C4H10O2/c2*1-4(5)3-6-2/h2*4-5H,3H2,1-2H3/t2*4-/m10/s1. The molecule has 2 N–H and O–H groups in total. The first-order valence-electron chi connectivity index (χ1n) is 3.88. The van der Waals surface area contributed by atoms with Crippen molar-refractivity contribution >= 4 is 0 Å². The number of aliphatic hydroxyl groups excluding tert-OH is 2. The summed E-state index contributed by atoms with van der Waals surface area (Å²) in [6, 6.07) is 0. The molecule has 2 atom stereocenters. The molecule has 0 aliphatic heterocycles. The van der Waals surface area contributed by atoms with Gasteiger partial charge in [-0.1, -0.05) is 0 Å². The Hall–Kier alpha value is -0.160. The van der Waals surface area contributed by atoms with Gasteiger partial charge in [-0.05, 0) is 13.8 Å². The SMILES string of the molecule is COC[C@@H](C)O.COC[C@H](C)O. The molecule has 0 fully saturated rings. The smallest absolute Gasteiger partial charge is 0.0745 e. The molecule has 0 amide bonds. The van der Waals surface area contributed by atoms with Gasteiger partial charge in [-0.3, -0.25) is 0 Å². The van der Waals surface area contributed by atoms with Crippen LogP contribution in [-0.4, -0.2) is 49.9 Å². The summed E-state index contributed by atoms with van der Waals surface area (Å²) in [5.41, 5.74) is 0. The van der Waals surface area contributed by atoms with Gasteiger partial charge in [-0.2, -0.15) is 0 Å². The molecule has 0 bridgehead atoms. The molecule has 4 heteroatoms. The second-order valence-electron chi connectivity index (χ2n) is 2.61. The molecule has 0 aromatic rings. The lowest BCUT2D eigenvalue weighted by atomic mass is 10.5. The van der Waals surface area contributed by atoms with Crippen molar-refractivity contribution in [1.29, 1.82) is 0 Å². The molecular weight excluding hydrogens is 160 g/mol. The average molecular weight is 180 g/mol. The molecular formula is C8H20O4. The molecule has 0 rings (SSSR count). The van der Waals surface area contributed by atoms with Crippen LogP contribution in [0.5, 0.6) is 0 Å². The maximum Gasteiger partial charge on any atom is 0.0745 e. The van der Waals surface area contributed by atoms with Gasteiger partial charge >= 0.3 is 0 Å². The van der Waals surface area contributed by atoms with E-state index in [1.54, 1.807) is 28.1 Å². The van der Waals surface area contributed by atoms with Crippen LogP contribution in [0.1, 0.15) is 13.8 Å². The van der Waals surface area contributed by atoms with Crippen molar-refractivity contribution in [3.05, 3.63) is 0 Å². The molecule has 76 valence electrons. The van der Waals surface area contributed by atoms with Crippen LogP contribution in [-0.2, 0) is 9.47 Å². The summed E-state index contributed by atoms with van der Waals surface area (Å²) >= 11 is 0. The van der Waals surface area contributed by atoms with E-state index in [4.69, 9.17) is 10.2 Å². The zero-order valence-electron chi connectivity index (χ0n) is 8.28. The van der Waals surface area contributed by atoms with Gasteiger partial charge < -0.3 is 19.7 Å². The van der Waals surface area contributed by atoms with Crippen LogP contribution in [0.2, 0.25) is 0 Å². The van der Waals surface area contributed by atoms with Crippen molar-refractivity contribution in [2.24, 2.45) is 0 Å². The Labute approximate surface area is 74.1 Å². The molecule has 12 heavy (non-hydrogen) atoms. The minimum absolute atomic E-state index is 0.324. The van der Waals surface area contributed by atoms with E-state index in [9.17, 15) is 0 Å². The fraction of sp³-hybridized carbons (Fsp3) is 1.00. The molecule has 0 heterocycles. The number of hydrogen-bond acceptors (Lipinski definition) is 4. The van der Waals surface area contributed by atoms with Gasteiger partial charge in [0.05, 0.1) is 25.4 Å². The maximum absolute atomic E-state index is 8.43. The molecule has 0 spiro atoms. The van der Waals surface area contributed by atoms with Crippen LogP contribution < -0.4 is 0 Å². The summed E-state index contributed by atoms with van der Waals surface area (Å²) in [4.78, 5) is 0. The van der Waals surface area contributed by atoms with Gasteiger partial charge in [0.2, 0.25) is 0 Å². The van der Waals surface area contributed by atoms with E-state index < -0.39 is 0 Å². The highest BCUT2D eigenvalue weighted by Gasteiger charge is 1.88. The number of ether oxygens (including phenoxy) is 2. The Morgan fingerprint density at radius 2 is 1.17 bits per heavy atom. The normalized spacial score (nSPS) is 14.5. The highest BCUT2D eigenvalue weighted by Crippen LogP contribution is 1.76. The summed E-state index contributed by atoms with van der Waals surface area (Å²) in [6.45, 7) is 4.23. The first kappa shape index (κ1) is 14.4. The van der Waals surface area contributed by atoms with Crippen LogP contribution >= 0.6 is 0 Å². The number of methoxy groups -OCH3 is 2. The highest BCUT2D eigenvalue weighted by molar-refractivity contribution is 4.37. The van der Waals surface area contributed by atoms with Crippen LogP contribution in [0, 0.1) is 0 Å². The predicted octanol–water partition coefficient (Wildman–Crippen LogP) is 0.0272. The third-order valence-corrected chi connectivity index (χ3v) is 0.816. The summed E-state index contributed by atoms with van der Waals surface area (Å²) in [5.74, 6) is 0. The van der Waals surface area contributed by atoms with Crippen molar-refractivity contribution in [3.63, 3.8) is 0 Å². The topological polar surface area (TPSA) is 58.9 Å². The molecule has 0 aliphatic rings. The average Bonchev–Trinajstić information content (AvgIpc) is 1.87. The summed E-state index contributed by atoms with van der Waals surface area (Å²) in [6.07, 6.45) is -0.648. The molecule has 0 saturated heterocycles. The Kier molecular flexibility index (Phi) is 13.0. The second-order valence-corrected chi connectivity index (χ2v) is 2.61. The lowest BCUT2D eigenvalue weighted by Gasteiger charge is -1.97. The van der Waals surface area contributed by atoms with Gasteiger partial charge in [0, 0.05) is 14.2 Å². The Balaban J connectivity index is 0. The van der Waals surface area contributed by atoms with Crippen molar-refractivity contribution in [2.45, 2.75) is 26.1 Å². The molecule has 0 radical (unpaired) electrons. The lowest BCUT2D eigenvalue weighted by Crippen LogP contribution is -2.07.